The maximum Gasteiger partial charge on any atom is 0.265 e. The Morgan fingerprint density at radius 3 is 2.95 bits per heavy atom. The summed E-state index contributed by atoms with van der Waals surface area (Å²) in [6.07, 6.45) is 4.97. The molecule has 1 aliphatic carbocycles. The molecule has 0 aliphatic heterocycles. The summed E-state index contributed by atoms with van der Waals surface area (Å²) in [5.41, 5.74) is 5.81. The summed E-state index contributed by atoms with van der Waals surface area (Å²) in [7, 11) is 0. The average Bonchev–Trinajstić information content (AvgIpc) is 2.72. The highest BCUT2D eigenvalue weighted by atomic mass is 32.1. The molecule has 1 aromatic rings. The summed E-state index contributed by atoms with van der Waals surface area (Å²) in [5.74, 6) is 0.0933. The number of hydrogen-bond acceptors (Lipinski definition) is 6. The summed E-state index contributed by atoms with van der Waals surface area (Å²) in [4.78, 5) is 16.8. The molecular weight excluding hydrogens is 276 g/mol. The first-order valence-electron chi connectivity index (χ1n) is 7.04. The molecule has 0 radical (unpaired) electrons. The van der Waals surface area contributed by atoms with Crippen LogP contribution in [0, 0.1) is 0 Å². The fraction of sp³-hybridized carbons (Fsp3) is 0.692. The molecule has 1 amide bonds. The van der Waals surface area contributed by atoms with Crippen LogP contribution in [0.3, 0.4) is 0 Å². The zero-order chi connectivity index (χ0) is 14.5. The normalized spacial score (nSPS) is 16.5. The fourth-order valence-electron chi connectivity index (χ4n) is 2.04. The van der Waals surface area contributed by atoms with Crippen LogP contribution >= 0.6 is 11.3 Å². The average molecular weight is 298 g/mol. The second kappa shape index (κ2) is 6.90. The van der Waals surface area contributed by atoms with E-state index in [4.69, 9.17) is 10.8 Å². The highest BCUT2D eigenvalue weighted by Crippen LogP contribution is 2.29. The number of hydrogen-bond donors (Lipinski definition) is 4. The van der Waals surface area contributed by atoms with Gasteiger partial charge in [0.05, 0.1) is 0 Å². The first kappa shape index (κ1) is 15.1. The minimum Gasteiger partial charge on any atom is -0.396 e. The second-order valence-corrected chi connectivity index (χ2v) is 6.24. The van der Waals surface area contributed by atoms with Crippen molar-refractivity contribution in [2.75, 3.05) is 17.7 Å². The number of rotatable bonds is 7. The molecule has 0 bridgehead atoms. The van der Waals surface area contributed by atoms with E-state index in [1.54, 1.807) is 0 Å². The van der Waals surface area contributed by atoms with Gasteiger partial charge < -0.3 is 21.5 Å². The molecule has 0 aromatic carbocycles. The van der Waals surface area contributed by atoms with Crippen LogP contribution < -0.4 is 16.4 Å². The summed E-state index contributed by atoms with van der Waals surface area (Å²) >= 11 is 1.30. The van der Waals surface area contributed by atoms with Crippen LogP contribution in [0.1, 0.15) is 48.7 Å². The van der Waals surface area contributed by atoms with Gasteiger partial charge in [0.15, 0.2) is 5.13 Å². The number of nitrogens with zero attached hydrogens (tertiary/aromatic N) is 1. The van der Waals surface area contributed by atoms with Crippen molar-refractivity contribution in [1.29, 1.82) is 0 Å². The number of nitrogens with one attached hydrogen (secondary N) is 2. The Kier molecular flexibility index (Phi) is 5.19. The monoisotopic (exact) mass is 298 g/mol. The number of nitrogens with two attached hydrogens (primary N) is 1. The predicted molar refractivity (Wildman–Crippen MR) is 81.0 cm³/mol. The van der Waals surface area contributed by atoms with E-state index < -0.39 is 0 Å². The van der Waals surface area contributed by atoms with Gasteiger partial charge in [0.1, 0.15) is 10.7 Å². The topological polar surface area (TPSA) is 100 Å². The number of aliphatic hydroxyl groups is 1. The third-order valence-corrected chi connectivity index (χ3v) is 4.47. The predicted octanol–water partition coefficient (Wildman–Crippen LogP) is 1.58. The Bertz CT molecular complexity index is 459. The van der Waals surface area contributed by atoms with E-state index in [1.165, 1.54) is 17.8 Å². The van der Waals surface area contributed by atoms with Crippen LogP contribution in [0.25, 0.3) is 0 Å². The number of anilines is 2. The van der Waals surface area contributed by atoms with E-state index in [2.05, 4.69) is 15.6 Å². The molecule has 0 spiro atoms. The Morgan fingerprint density at radius 2 is 2.35 bits per heavy atom. The molecule has 5 N–H and O–H groups in total. The lowest BCUT2D eigenvalue weighted by molar-refractivity contribution is 0.0941. The van der Waals surface area contributed by atoms with Crippen LogP contribution in [-0.2, 0) is 0 Å². The molecule has 20 heavy (non-hydrogen) atoms. The van der Waals surface area contributed by atoms with Crippen molar-refractivity contribution in [3.63, 3.8) is 0 Å². The Morgan fingerprint density at radius 1 is 1.60 bits per heavy atom. The van der Waals surface area contributed by atoms with Crippen molar-refractivity contribution in [3.05, 3.63) is 4.88 Å². The number of amides is 1. The molecule has 1 aromatic heterocycles. The van der Waals surface area contributed by atoms with Gasteiger partial charge in [-0.1, -0.05) is 11.3 Å². The van der Waals surface area contributed by atoms with Crippen molar-refractivity contribution in [2.24, 2.45) is 0 Å². The molecule has 0 saturated heterocycles. The third-order valence-electron chi connectivity index (χ3n) is 3.47. The molecule has 6 nitrogen and oxygen atoms in total. The summed E-state index contributed by atoms with van der Waals surface area (Å²) in [5, 5.41) is 15.7. The fourth-order valence-corrected chi connectivity index (χ4v) is 2.91. The number of nitrogen functional groups attached to an aromatic ring is 1. The maximum atomic E-state index is 12.1. The van der Waals surface area contributed by atoms with Gasteiger partial charge in [-0.25, -0.2) is 4.98 Å². The lowest BCUT2D eigenvalue weighted by Gasteiger charge is -2.25. The van der Waals surface area contributed by atoms with Crippen LogP contribution in [0.5, 0.6) is 0 Å². The Balaban J connectivity index is 1.91. The molecular formula is C13H22N4O2S. The Labute approximate surface area is 122 Å². The highest BCUT2D eigenvalue weighted by Gasteiger charge is 2.22. The lowest BCUT2D eigenvalue weighted by atomic mass is 9.93. The number of thiazole rings is 1. The largest absolute Gasteiger partial charge is 0.396 e. The zero-order valence-corrected chi connectivity index (χ0v) is 12.5. The van der Waals surface area contributed by atoms with E-state index >= 15 is 0 Å². The van der Waals surface area contributed by atoms with Gasteiger partial charge in [-0.15, -0.1) is 0 Å². The number of carbonyl (C=O) groups excluding carboxylic acids is 1. The van der Waals surface area contributed by atoms with Crippen LogP contribution in [0.4, 0.5) is 10.9 Å². The molecule has 7 heteroatoms. The molecule has 1 aliphatic rings. The number of carbonyl (C=O) groups is 1. The molecule has 2 rings (SSSR count). The molecule has 1 saturated carbocycles. The van der Waals surface area contributed by atoms with Crippen molar-refractivity contribution >= 4 is 28.2 Å². The van der Waals surface area contributed by atoms with E-state index in [9.17, 15) is 4.79 Å². The van der Waals surface area contributed by atoms with E-state index in [1.807, 2.05) is 6.92 Å². The summed E-state index contributed by atoms with van der Waals surface area (Å²) < 4.78 is 0. The highest BCUT2D eigenvalue weighted by molar-refractivity contribution is 7.18. The molecule has 1 atom stereocenters. The maximum absolute atomic E-state index is 12.1. The molecule has 112 valence electrons. The van der Waals surface area contributed by atoms with Crippen molar-refractivity contribution in [2.45, 2.75) is 51.1 Å². The standard InChI is InChI=1S/C13H22N4O2S/c1-8(4-3-7-18)15-12(19)10-11(14)17-13(20-10)16-9-5-2-6-9/h8-9,18H,2-7,14H2,1H3,(H,15,19)(H,16,17). The first-order chi connectivity index (χ1) is 9.60. The first-order valence-corrected chi connectivity index (χ1v) is 7.86. The summed E-state index contributed by atoms with van der Waals surface area (Å²) in [6, 6.07) is 0.485. The SMILES string of the molecule is CC(CCCO)NC(=O)c1sc(NC2CCC2)nc1N. The quantitative estimate of drug-likeness (QED) is 0.612. The van der Waals surface area contributed by atoms with Gasteiger partial charge in [0.25, 0.3) is 5.91 Å². The van der Waals surface area contributed by atoms with E-state index in [0.717, 1.165) is 24.4 Å². The van der Waals surface area contributed by atoms with Crippen LogP contribution in [0.15, 0.2) is 0 Å². The number of aromatic nitrogens is 1. The zero-order valence-electron chi connectivity index (χ0n) is 11.7. The van der Waals surface area contributed by atoms with Gasteiger partial charge in [-0.05, 0) is 39.0 Å². The Hall–Kier alpha value is -1.34. The van der Waals surface area contributed by atoms with Crippen molar-refractivity contribution < 1.29 is 9.90 Å². The van der Waals surface area contributed by atoms with E-state index in [0.29, 0.717) is 17.3 Å². The van der Waals surface area contributed by atoms with Crippen LogP contribution in [0.2, 0.25) is 0 Å². The van der Waals surface area contributed by atoms with Gasteiger partial charge in [-0.2, -0.15) is 0 Å². The van der Waals surface area contributed by atoms with Gasteiger partial charge in [0.2, 0.25) is 0 Å². The third kappa shape index (κ3) is 3.83. The molecule has 1 unspecified atom stereocenters. The van der Waals surface area contributed by atoms with E-state index in [-0.39, 0.29) is 24.4 Å². The molecule has 1 heterocycles. The van der Waals surface area contributed by atoms with Crippen molar-refractivity contribution in [1.82, 2.24) is 10.3 Å². The lowest BCUT2D eigenvalue weighted by Crippen LogP contribution is -2.32. The molecule has 1 fully saturated rings. The smallest absolute Gasteiger partial charge is 0.265 e. The van der Waals surface area contributed by atoms with Crippen molar-refractivity contribution in [3.8, 4) is 0 Å². The van der Waals surface area contributed by atoms with Crippen LogP contribution in [-0.4, -0.2) is 34.7 Å². The van der Waals surface area contributed by atoms with Gasteiger partial charge in [-0.3, -0.25) is 4.79 Å². The minimum atomic E-state index is -0.188. The minimum absolute atomic E-state index is 0.0131. The summed E-state index contributed by atoms with van der Waals surface area (Å²) in [6.45, 7) is 2.05. The second-order valence-electron chi connectivity index (χ2n) is 5.25. The van der Waals surface area contributed by atoms with Gasteiger partial charge >= 0.3 is 0 Å². The van der Waals surface area contributed by atoms with Gasteiger partial charge in [0, 0.05) is 18.7 Å². The number of aliphatic hydroxyl groups excluding tert-OH is 1.